The Balaban J connectivity index is 1.65. The molecule has 0 aliphatic rings. The maximum Gasteiger partial charge on any atom is 0.263 e. The minimum Gasteiger partial charge on any atom is -0.481 e. The van der Waals surface area contributed by atoms with Crippen LogP contribution in [0.15, 0.2) is 53.1 Å². The fraction of sp³-hybridized carbons (Fsp3) is 0.250. The first-order valence-corrected chi connectivity index (χ1v) is 9.47. The highest BCUT2D eigenvalue weighted by Gasteiger charge is 2.24. The van der Waals surface area contributed by atoms with E-state index in [-0.39, 0.29) is 12.5 Å². The maximum absolute atomic E-state index is 12.7. The highest BCUT2D eigenvalue weighted by atomic mass is 35.5. The molecule has 1 amide bonds. The molecule has 28 heavy (non-hydrogen) atoms. The number of aromatic nitrogens is 2. The summed E-state index contributed by atoms with van der Waals surface area (Å²) in [6, 6.07) is 14.1. The standard InChI is InChI=1S/C20H19Cl2N3O3/c1-3-17(27-16-6-4-5-15(22)11-16)20(26)25(2)12-18-23-19(24-28-18)13-7-9-14(21)10-8-13/h4-11,17H,3,12H2,1-2H3. The molecule has 0 radical (unpaired) electrons. The van der Waals surface area contributed by atoms with Crippen LogP contribution < -0.4 is 4.74 Å². The summed E-state index contributed by atoms with van der Waals surface area (Å²) in [7, 11) is 1.67. The van der Waals surface area contributed by atoms with Crippen LogP contribution in [0.3, 0.4) is 0 Å². The van der Waals surface area contributed by atoms with Crippen LogP contribution in [0.2, 0.25) is 10.0 Å². The van der Waals surface area contributed by atoms with E-state index < -0.39 is 6.10 Å². The third-order valence-electron chi connectivity index (χ3n) is 4.04. The van der Waals surface area contributed by atoms with E-state index in [1.807, 2.05) is 6.92 Å². The zero-order valence-corrected chi connectivity index (χ0v) is 16.9. The monoisotopic (exact) mass is 419 g/mol. The van der Waals surface area contributed by atoms with Crippen molar-refractivity contribution >= 4 is 29.1 Å². The molecule has 0 bridgehead atoms. The van der Waals surface area contributed by atoms with Gasteiger partial charge in [0.15, 0.2) is 6.10 Å². The van der Waals surface area contributed by atoms with E-state index in [0.29, 0.717) is 33.9 Å². The first-order valence-electron chi connectivity index (χ1n) is 8.72. The Morgan fingerprint density at radius 2 is 1.93 bits per heavy atom. The Morgan fingerprint density at radius 1 is 1.18 bits per heavy atom. The third kappa shape index (κ3) is 5.03. The van der Waals surface area contributed by atoms with Gasteiger partial charge in [-0.25, -0.2) is 0 Å². The van der Waals surface area contributed by atoms with Gasteiger partial charge in [-0.1, -0.05) is 41.3 Å². The van der Waals surface area contributed by atoms with Gasteiger partial charge in [-0.05, 0) is 48.9 Å². The van der Waals surface area contributed by atoms with E-state index in [9.17, 15) is 4.79 Å². The molecule has 146 valence electrons. The highest BCUT2D eigenvalue weighted by Crippen LogP contribution is 2.21. The summed E-state index contributed by atoms with van der Waals surface area (Å²) in [4.78, 5) is 18.6. The topological polar surface area (TPSA) is 68.5 Å². The quantitative estimate of drug-likeness (QED) is 0.546. The maximum atomic E-state index is 12.7. The van der Waals surface area contributed by atoms with Crippen LogP contribution in [0.1, 0.15) is 19.2 Å². The lowest BCUT2D eigenvalue weighted by Gasteiger charge is -2.22. The number of rotatable bonds is 7. The third-order valence-corrected chi connectivity index (χ3v) is 4.53. The van der Waals surface area contributed by atoms with Crippen LogP contribution in [0.4, 0.5) is 0 Å². The molecule has 6 nitrogen and oxygen atoms in total. The smallest absolute Gasteiger partial charge is 0.263 e. The van der Waals surface area contributed by atoms with E-state index >= 15 is 0 Å². The minimum absolute atomic E-state index is 0.175. The van der Waals surface area contributed by atoms with E-state index in [1.165, 1.54) is 4.90 Å². The van der Waals surface area contributed by atoms with Crippen molar-refractivity contribution in [2.24, 2.45) is 0 Å². The van der Waals surface area contributed by atoms with Gasteiger partial charge in [0.1, 0.15) is 5.75 Å². The number of nitrogens with zero attached hydrogens (tertiary/aromatic N) is 3. The van der Waals surface area contributed by atoms with Crippen LogP contribution in [-0.2, 0) is 11.3 Å². The Hall–Kier alpha value is -2.57. The average molecular weight is 420 g/mol. The van der Waals surface area contributed by atoms with Gasteiger partial charge in [0, 0.05) is 22.7 Å². The lowest BCUT2D eigenvalue weighted by molar-refractivity contribution is -0.138. The summed E-state index contributed by atoms with van der Waals surface area (Å²) < 4.78 is 11.1. The van der Waals surface area contributed by atoms with Gasteiger partial charge < -0.3 is 14.2 Å². The molecule has 0 saturated carbocycles. The number of carbonyl (C=O) groups is 1. The van der Waals surface area contributed by atoms with Crippen LogP contribution in [-0.4, -0.2) is 34.1 Å². The molecule has 1 heterocycles. The van der Waals surface area contributed by atoms with Crippen LogP contribution >= 0.6 is 23.2 Å². The normalized spacial score (nSPS) is 11.9. The molecule has 1 unspecified atom stereocenters. The molecule has 0 fully saturated rings. The number of carbonyl (C=O) groups excluding carboxylic acids is 1. The first-order chi connectivity index (χ1) is 13.5. The molecule has 1 atom stereocenters. The largest absolute Gasteiger partial charge is 0.481 e. The Labute approximate surface area is 173 Å². The van der Waals surface area contributed by atoms with Crippen molar-refractivity contribution in [1.29, 1.82) is 0 Å². The van der Waals surface area contributed by atoms with Gasteiger partial charge in [-0.15, -0.1) is 0 Å². The predicted octanol–water partition coefficient (Wildman–Crippen LogP) is 4.86. The van der Waals surface area contributed by atoms with Crippen molar-refractivity contribution in [3.8, 4) is 17.1 Å². The minimum atomic E-state index is -0.637. The van der Waals surface area contributed by atoms with E-state index in [1.54, 1.807) is 55.6 Å². The number of benzene rings is 2. The Bertz CT molecular complexity index is 944. The molecule has 2 aromatic carbocycles. The number of hydrogen-bond donors (Lipinski definition) is 0. The lowest BCUT2D eigenvalue weighted by Crippen LogP contribution is -2.39. The number of amides is 1. The fourth-order valence-electron chi connectivity index (χ4n) is 2.57. The zero-order valence-electron chi connectivity index (χ0n) is 15.4. The van der Waals surface area contributed by atoms with Crippen molar-refractivity contribution in [3.05, 3.63) is 64.5 Å². The average Bonchev–Trinajstić information content (AvgIpc) is 3.14. The van der Waals surface area contributed by atoms with Crippen molar-refractivity contribution < 1.29 is 14.1 Å². The van der Waals surface area contributed by atoms with Crippen molar-refractivity contribution in [2.75, 3.05) is 7.05 Å². The molecule has 3 aromatic rings. The molecule has 0 aliphatic heterocycles. The SMILES string of the molecule is CCC(Oc1cccc(Cl)c1)C(=O)N(C)Cc1nc(-c2ccc(Cl)cc2)no1. The van der Waals surface area contributed by atoms with Gasteiger partial charge in [-0.2, -0.15) is 4.98 Å². The lowest BCUT2D eigenvalue weighted by atomic mass is 10.2. The molecule has 0 spiro atoms. The molecule has 0 N–H and O–H groups in total. The van der Waals surface area contributed by atoms with E-state index in [0.717, 1.165) is 5.56 Å². The van der Waals surface area contributed by atoms with E-state index in [4.69, 9.17) is 32.5 Å². The second kappa shape index (κ2) is 9.08. The van der Waals surface area contributed by atoms with Gasteiger partial charge in [0.2, 0.25) is 11.7 Å². The molecule has 8 heteroatoms. The van der Waals surface area contributed by atoms with Crippen LogP contribution in [0.25, 0.3) is 11.4 Å². The predicted molar refractivity (Wildman–Crippen MR) is 107 cm³/mol. The van der Waals surface area contributed by atoms with Crippen LogP contribution in [0.5, 0.6) is 5.75 Å². The van der Waals surface area contributed by atoms with E-state index in [2.05, 4.69) is 10.1 Å². The van der Waals surface area contributed by atoms with Crippen molar-refractivity contribution in [1.82, 2.24) is 15.0 Å². The second-order valence-electron chi connectivity index (χ2n) is 6.19. The summed E-state index contributed by atoms with van der Waals surface area (Å²) >= 11 is 11.9. The summed E-state index contributed by atoms with van der Waals surface area (Å²) in [5.74, 6) is 1.13. The summed E-state index contributed by atoms with van der Waals surface area (Å²) in [5.41, 5.74) is 0.782. The number of ether oxygens (including phenoxy) is 1. The summed E-state index contributed by atoms with van der Waals surface area (Å²) in [6.45, 7) is 2.06. The van der Waals surface area contributed by atoms with Crippen molar-refractivity contribution in [2.45, 2.75) is 26.0 Å². The fourth-order valence-corrected chi connectivity index (χ4v) is 2.88. The van der Waals surface area contributed by atoms with Gasteiger partial charge in [0.25, 0.3) is 5.91 Å². The second-order valence-corrected chi connectivity index (χ2v) is 7.06. The summed E-state index contributed by atoms with van der Waals surface area (Å²) in [5, 5.41) is 5.14. The molecule has 0 saturated heterocycles. The van der Waals surface area contributed by atoms with Crippen LogP contribution in [0, 0.1) is 0 Å². The van der Waals surface area contributed by atoms with Crippen molar-refractivity contribution in [3.63, 3.8) is 0 Å². The number of halogens is 2. The molecular weight excluding hydrogens is 401 g/mol. The number of likely N-dealkylation sites (N-methyl/N-ethyl adjacent to an activating group) is 1. The summed E-state index contributed by atoms with van der Waals surface area (Å²) in [6.07, 6.45) is -0.127. The molecule has 1 aromatic heterocycles. The Kier molecular flexibility index (Phi) is 6.54. The molecular formula is C20H19Cl2N3O3. The Morgan fingerprint density at radius 3 is 2.61 bits per heavy atom. The molecule has 3 rings (SSSR count). The van der Waals surface area contributed by atoms with Gasteiger partial charge in [-0.3, -0.25) is 4.79 Å². The van der Waals surface area contributed by atoms with Gasteiger partial charge >= 0.3 is 0 Å². The zero-order chi connectivity index (χ0) is 20.1. The highest BCUT2D eigenvalue weighted by molar-refractivity contribution is 6.30. The first kappa shape index (κ1) is 20.2. The number of hydrogen-bond acceptors (Lipinski definition) is 5. The van der Waals surface area contributed by atoms with Gasteiger partial charge in [0.05, 0.1) is 6.54 Å². The molecule has 0 aliphatic carbocycles.